The highest BCUT2D eigenvalue weighted by atomic mass is 31.2. The highest BCUT2D eigenvalue weighted by Crippen LogP contribution is 2.35. The van der Waals surface area contributed by atoms with E-state index in [4.69, 9.17) is 9.63 Å². The van der Waals surface area contributed by atoms with Crippen LogP contribution in [-0.2, 0) is 13.8 Å². The minimum absolute atomic E-state index is 0.0769. The molecular weight excluding hydrogens is 221 g/mol. The zero-order valence-electron chi connectivity index (χ0n) is 9.25. The number of likely N-dealkylation sites (N-methyl/N-ethyl adjacent to an activating group) is 1. The molecule has 0 spiro atoms. The van der Waals surface area contributed by atoms with Crippen molar-refractivity contribution in [1.29, 1.82) is 0 Å². The van der Waals surface area contributed by atoms with Crippen LogP contribution in [-0.4, -0.2) is 55.9 Å². The Morgan fingerprint density at radius 1 is 1.67 bits per heavy atom. The van der Waals surface area contributed by atoms with E-state index in [1.165, 1.54) is 0 Å². The van der Waals surface area contributed by atoms with Crippen LogP contribution in [0.1, 0.15) is 6.42 Å². The van der Waals surface area contributed by atoms with Gasteiger partial charge in [-0.05, 0) is 0 Å². The smallest absolute Gasteiger partial charge is 0.265 e. The monoisotopic (exact) mass is 239 g/mol. The summed E-state index contributed by atoms with van der Waals surface area (Å²) in [4.78, 5) is 19.3. The van der Waals surface area contributed by atoms with Gasteiger partial charge in [-0.25, -0.2) is 0 Å². The maximum atomic E-state index is 10.6. The van der Waals surface area contributed by atoms with Gasteiger partial charge in [0.05, 0.1) is 33.9 Å². The minimum atomic E-state index is -4.65. The summed E-state index contributed by atoms with van der Waals surface area (Å²) in [5, 5.41) is 0. The van der Waals surface area contributed by atoms with Crippen LogP contribution in [0.2, 0.25) is 0 Å². The molecule has 0 aromatic rings. The van der Waals surface area contributed by atoms with E-state index in [-0.39, 0.29) is 6.10 Å². The van der Waals surface area contributed by atoms with Gasteiger partial charge in [0.2, 0.25) is 0 Å². The van der Waals surface area contributed by atoms with Gasteiger partial charge in [-0.15, -0.1) is 0 Å². The highest BCUT2D eigenvalue weighted by molar-refractivity contribution is 7.44. The molecule has 1 aliphatic heterocycles. The maximum absolute atomic E-state index is 10.6. The number of phosphoric ester groups is 1. The lowest BCUT2D eigenvalue weighted by atomic mass is 10.2. The lowest BCUT2D eigenvalue weighted by molar-refractivity contribution is -0.873. The summed E-state index contributed by atoms with van der Waals surface area (Å²) in [6.07, 6.45) is 0.0569. The molecule has 1 aliphatic rings. The molecule has 6 nitrogen and oxygen atoms in total. The molecular formula is C8H18NO5P. The average molecular weight is 239 g/mol. The maximum Gasteiger partial charge on any atom is 0.265 e. The van der Waals surface area contributed by atoms with Gasteiger partial charge in [0.1, 0.15) is 12.6 Å². The van der Waals surface area contributed by atoms with Crippen molar-refractivity contribution in [3.8, 4) is 0 Å². The second-order valence-electron chi connectivity index (χ2n) is 4.86. The first kappa shape index (κ1) is 13.1. The number of quaternary nitrogens is 1. The summed E-state index contributed by atoms with van der Waals surface area (Å²) in [6.45, 7) is 1.15. The molecule has 0 amide bonds. The van der Waals surface area contributed by atoms with Crippen LogP contribution in [0.25, 0.3) is 0 Å². The Kier molecular flexibility index (Phi) is 3.92. The molecule has 7 heteroatoms. The third-order valence-electron chi connectivity index (χ3n) is 1.96. The Morgan fingerprint density at radius 2 is 2.20 bits per heavy atom. The molecule has 0 saturated carbocycles. The summed E-state index contributed by atoms with van der Waals surface area (Å²) in [5.74, 6) is 0. The molecule has 3 unspecified atom stereocenters. The topological polar surface area (TPSA) is 82.1 Å². The van der Waals surface area contributed by atoms with Crippen LogP contribution in [0.5, 0.6) is 0 Å². The van der Waals surface area contributed by atoms with Crippen LogP contribution in [0.15, 0.2) is 0 Å². The molecule has 1 rings (SSSR count). The van der Waals surface area contributed by atoms with E-state index >= 15 is 0 Å². The molecule has 0 aromatic carbocycles. The molecule has 1 heterocycles. The van der Waals surface area contributed by atoms with Crippen molar-refractivity contribution < 1.29 is 28.1 Å². The first-order valence-corrected chi connectivity index (χ1v) is 6.29. The zero-order chi connectivity index (χ0) is 11.7. The van der Waals surface area contributed by atoms with E-state index in [1.807, 2.05) is 21.1 Å². The average Bonchev–Trinajstić information content (AvgIpc) is 2.61. The van der Waals surface area contributed by atoms with E-state index in [0.29, 0.717) is 24.1 Å². The van der Waals surface area contributed by atoms with Crippen LogP contribution < -0.4 is 4.89 Å². The normalized spacial score (nSPS) is 27.1. The van der Waals surface area contributed by atoms with Gasteiger partial charge in [-0.1, -0.05) is 0 Å². The first-order chi connectivity index (χ1) is 6.66. The Bertz CT molecular complexity index is 254. The fourth-order valence-corrected chi connectivity index (χ4v) is 1.98. The van der Waals surface area contributed by atoms with Crippen molar-refractivity contribution >= 4 is 7.82 Å². The van der Waals surface area contributed by atoms with Gasteiger partial charge in [0.15, 0.2) is 0 Å². The number of hydrogen-bond acceptors (Lipinski definition) is 4. The highest BCUT2D eigenvalue weighted by Gasteiger charge is 2.31. The lowest BCUT2D eigenvalue weighted by Crippen LogP contribution is -2.42. The molecule has 3 atom stereocenters. The van der Waals surface area contributed by atoms with Crippen molar-refractivity contribution in [2.75, 3.05) is 34.3 Å². The van der Waals surface area contributed by atoms with Gasteiger partial charge in [-0.3, -0.25) is 4.57 Å². The first-order valence-electron chi connectivity index (χ1n) is 4.80. The number of nitrogens with zero attached hydrogens (tertiary/aromatic N) is 1. The molecule has 0 bridgehead atoms. The molecule has 90 valence electrons. The Labute approximate surface area is 89.6 Å². The van der Waals surface area contributed by atoms with Crippen LogP contribution in [0, 0.1) is 0 Å². The second kappa shape index (κ2) is 4.49. The van der Waals surface area contributed by atoms with E-state index in [2.05, 4.69) is 4.52 Å². The number of ether oxygens (including phenoxy) is 1. The fraction of sp³-hybridized carbons (Fsp3) is 1.00. The van der Waals surface area contributed by atoms with Crippen LogP contribution in [0.4, 0.5) is 0 Å². The molecule has 0 radical (unpaired) electrons. The van der Waals surface area contributed by atoms with Gasteiger partial charge in [0.25, 0.3) is 7.82 Å². The standard InChI is InChI=1S/C8H18NO5P/c1-9(2,3)5-7(4-8-6-13-8)14-15(10,11)12/h7-8H,4-6H2,1-3H3,(H-,10,11,12). The Hall–Kier alpha value is 0.0300. The van der Waals surface area contributed by atoms with Gasteiger partial charge in [0, 0.05) is 6.42 Å². The van der Waals surface area contributed by atoms with Crippen molar-refractivity contribution in [2.24, 2.45) is 0 Å². The number of epoxide rings is 1. The Morgan fingerprint density at radius 3 is 2.53 bits per heavy atom. The summed E-state index contributed by atoms with van der Waals surface area (Å²) >= 11 is 0. The van der Waals surface area contributed by atoms with Crippen molar-refractivity contribution in [1.82, 2.24) is 0 Å². The fourth-order valence-electron chi connectivity index (χ4n) is 1.45. The predicted octanol–water partition coefficient (Wildman–Crippen LogP) is -0.673. The van der Waals surface area contributed by atoms with Crippen LogP contribution in [0.3, 0.4) is 0 Å². The number of rotatable bonds is 6. The number of phosphoric acid groups is 1. The molecule has 1 fully saturated rings. The molecule has 0 aromatic heterocycles. The molecule has 15 heavy (non-hydrogen) atoms. The summed E-state index contributed by atoms with van der Waals surface area (Å²) in [7, 11) is 1.13. The zero-order valence-corrected chi connectivity index (χ0v) is 10.1. The predicted molar refractivity (Wildman–Crippen MR) is 52.0 cm³/mol. The van der Waals surface area contributed by atoms with Crippen molar-refractivity contribution in [3.05, 3.63) is 0 Å². The summed E-state index contributed by atoms with van der Waals surface area (Å²) < 4.78 is 20.8. The van der Waals surface area contributed by atoms with E-state index in [9.17, 15) is 9.46 Å². The molecule has 1 N–H and O–H groups in total. The molecule has 1 saturated heterocycles. The van der Waals surface area contributed by atoms with E-state index in [1.54, 1.807) is 0 Å². The van der Waals surface area contributed by atoms with Crippen LogP contribution >= 0.6 is 7.82 Å². The van der Waals surface area contributed by atoms with Gasteiger partial charge >= 0.3 is 0 Å². The largest absolute Gasteiger partial charge is 0.756 e. The number of hydrogen-bond donors (Lipinski definition) is 1. The molecule has 0 aliphatic carbocycles. The van der Waals surface area contributed by atoms with E-state index in [0.717, 1.165) is 0 Å². The third kappa shape index (κ3) is 7.00. The van der Waals surface area contributed by atoms with Crippen molar-refractivity contribution in [3.63, 3.8) is 0 Å². The lowest BCUT2D eigenvalue weighted by Gasteiger charge is -2.31. The summed E-state index contributed by atoms with van der Waals surface area (Å²) in [6, 6.07) is 0. The minimum Gasteiger partial charge on any atom is -0.756 e. The van der Waals surface area contributed by atoms with Gasteiger partial charge < -0.3 is 23.5 Å². The quantitative estimate of drug-likeness (QED) is 0.377. The van der Waals surface area contributed by atoms with E-state index < -0.39 is 13.9 Å². The third-order valence-corrected chi connectivity index (χ3v) is 2.53. The summed E-state index contributed by atoms with van der Waals surface area (Å²) in [5.41, 5.74) is 0. The van der Waals surface area contributed by atoms with Crippen molar-refractivity contribution in [2.45, 2.75) is 18.6 Å². The van der Waals surface area contributed by atoms with Gasteiger partial charge in [-0.2, -0.15) is 0 Å². The SMILES string of the molecule is C[N+](C)(C)CC(CC1CO1)OP(=O)([O-])O. The second-order valence-corrected chi connectivity index (χ2v) is 6.01. The Balaban J connectivity index is 2.48.